The Labute approximate surface area is 142 Å². The SMILES string of the molecule is c1ccc2c(=NOCCN3CCCC3)c3ccccc3ccc2c1. The zero-order chi connectivity index (χ0) is 16.2. The minimum Gasteiger partial charge on any atom is -0.394 e. The van der Waals surface area contributed by atoms with Crippen LogP contribution in [0.2, 0.25) is 0 Å². The first-order chi connectivity index (χ1) is 11.9. The Hall–Kier alpha value is -2.39. The van der Waals surface area contributed by atoms with E-state index in [1.165, 1.54) is 36.7 Å². The summed E-state index contributed by atoms with van der Waals surface area (Å²) in [5, 5.41) is 10.1. The molecule has 3 heteroatoms. The van der Waals surface area contributed by atoms with Gasteiger partial charge in [0.15, 0.2) is 0 Å². The fourth-order valence-electron chi connectivity index (χ4n) is 3.43. The number of nitrogens with zero attached hydrogens (tertiary/aromatic N) is 2. The highest BCUT2D eigenvalue weighted by Crippen LogP contribution is 2.15. The number of benzene rings is 2. The molecule has 122 valence electrons. The van der Waals surface area contributed by atoms with Gasteiger partial charge in [-0.3, -0.25) is 4.90 Å². The molecule has 24 heavy (non-hydrogen) atoms. The maximum atomic E-state index is 5.72. The molecule has 1 aliphatic heterocycles. The van der Waals surface area contributed by atoms with Gasteiger partial charge in [-0.05, 0) is 36.7 Å². The van der Waals surface area contributed by atoms with Crippen LogP contribution < -0.4 is 5.36 Å². The molecule has 3 nitrogen and oxygen atoms in total. The number of fused-ring (bicyclic) bond motifs is 2. The molecule has 0 saturated carbocycles. The third-order valence-electron chi connectivity index (χ3n) is 4.73. The monoisotopic (exact) mass is 318 g/mol. The number of rotatable bonds is 4. The molecule has 0 spiro atoms. The standard InChI is InChI=1S/C21H22N2O/c1-3-9-19-17(7-1)11-12-18-8-2-4-10-20(18)21(19)22-24-16-15-23-13-5-6-14-23/h1-4,7-12H,5-6,13-16H2. The van der Waals surface area contributed by atoms with Gasteiger partial charge in [0.1, 0.15) is 12.0 Å². The Morgan fingerprint density at radius 1 is 0.792 bits per heavy atom. The third kappa shape index (κ3) is 3.13. The van der Waals surface area contributed by atoms with Crippen molar-refractivity contribution in [2.24, 2.45) is 5.16 Å². The van der Waals surface area contributed by atoms with Crippen molar-refractivity contribution in [3.8, 4) is 0 Å². The van der Waals surface area contributed by atoms with Crippen LogP contribution in [0.4, 0.5) is 0 Å². The number of hydrogen-bond donors (Lipinski definition) is 0. The summed E-state index contributed by atoms with van der Waals surface area (Å²) in [5.41, 5.74) is 0. The normalized spacial score (nSPS) is 15.0. The van der Waals surface area contributed by atoms with Crippen molar-refractivity contribution >= 4 is 21.5 Å². The molecule has 1 aliphatic rings. The highest BCUT2D eigenvalue weighted by molar-refractivity contribution is 5.92. The molecule has 4 rings (SSSR count). The molecule has 1 saturated heterocycles. The lowest BCUT2D eigenvalue weighted by Gasteiger charge is -2.12. The van der Waals surface area contributed by atoms with Crippen LogP contribution >= 0.6 is 0 Å². The van der Waals surface area contributed by atoms with Crippen LogP contribution in [0.1, 0.15) is 12.8 Å². The van der Waals surface area contributed by atoms with E-state index < -0.39 is 0 Å². The van der Waals surface area contributed by atoms with E-state index in [0.29, 0.717) is 6.61 Å². The molecule has 0 unspecified atom stereocenters. The van der Waals surface area contributed by atoms with E-state index in [1.807, 2.05) is 0 Å². The molecule has 0 radical (unpaired) electrons. The van der Waals surface area contributed by atoms with E-state index in [1.54, 1.807) is 0 Å². The molecule has 0 amide bonds. The smallest absolute Gasteiger partial charge is 0.129 e. The predicted octanol–water partition coefficient (Wildman–Crippen LogP) is 3.92. The minimum atomic E-state index is 0.640. The maximum Gasteiger partial charge on any atom is 0.129 e. The van der Waals surface area contributed by atoms with Crippen molar-refractivity contribution in [1.82, 2.24) is 4.90 Å². The summed E-state index contributed by atoms with van der Waals surface area (Å²) in [6.45, 7) is 3.98. The second-order valence-corrected chi connectivity index (χ2v) is 6.33. The van der Waals surface area contributed by atoms with Crippen molar-refractivity contribution in [2.75, 3.05) is 26.2 Å². The van der Waals surface area contributed by atoms with Crippen molar-refractivity contribution < 1.29 is 4.84 Å². The van der Waals surface area contributed by atoms with Crippen LogP contribution in [0.3, 0.4) is 0 Å². The molecule has 0 aliphatic carbocycles. The van der Waals surface area contributed by atoms with Gasteiger partial charge in [0, 0.05) is 17.3 Å². The number of likely N-dealkylation sites (tertiary alicyclic amines) is 1. The Kier molecular flexibility index (Phi) is 4.43. The lowest BCUT2D eigenvalue weighted by atomic mass is 10.1. The second-order valence-electron chi connectivity index (χ2n) is 6.33. The van der Waals surface area contributed by atoms with Gasteiger partial charge < -0.3 is 4.84 Å². The van der Waals surface area contributed by atoms with E-state index in [4.69, 9.17) is 4.84 Å². The van der Waals surface area contributed by atoms with Crippen LogP contribution in [-0.2, 0) is 4.84 Å². The van der Waals surface area contributed by atoms with Crippen molar-refractivity contribution in [3.63, 3.8) is 0 Å². The highest BCUT2D eigenvalue weighted by atomic mass is 16.6. The third-order valence-corrected chi connectivity index (χ3v) is 4.73. The van der Waals surface area contributed by atoms with Crippen molar-refractivity contribution in [3.05, 3.63) is 66.0 Å². The van der Waals surface area contributed by atoms with E-state index in [-0.39, 0.29) is 0 Å². The van der Waals surface area contributed by atoms with Crippen LogP contribution in [0, 0.1) is 0 Å². The lowest BCUT2D eigenvalue weighted by molar-refractivity contribution is 0.111. The quantitative estimate of drug-likeness (QED) is 0.538. The summed E-state index contributed by atoms with van der Waals surface area (Å²) >= 11 is 0. The summed E-state index contributed by atoms with van der Waals surface area (Å²) in [5.74, 6) is 0. The minimum absolute atomic E-state index is 0.640. The molecule has 1 heterocycles. The summed E-state index contributed by atoms with van der Waals surface area (Å²) in [7, 11) is 0. The molecule has 3 aromatic carbocycles. The zero-order valence-corrected chi connectivity index (χ0v) is 13.8. The first kappa shape index (κ1) is 15.2. The van der Waals surface area contributed by atoms with Gasteiger partial charge in [0.2, 0.25) is 0 Å². The second kappa shape index (κ2) is 7.02. The summed E-state index contributed by atoms with van der Waals surface area (Å²) in [6.07, 6.45) is 2.61. The Morgan fingerprint density at radius 3 is 2.00 bits per heavy atom. The topological polar surface area (TPSA) is 24.8 Å². The van der Waals surface area contributed by atoms with Gasteiger partial charge in [-0.25, -0.2) is 0 Å². The fraction of sp³-hybridized carbons (Fsp3) is 0.286. The molecular formula is C21H22N2O. The van der Waals surface area contributed by atoms with Crippen molar-refractivity contribution in [1.29, 1.82) is 0 Å². The van der Waals surface area contributed by atoms with Gasteiger partial charge >= 0.3 is 0 Å². The summed E-state index contributed by atoms with van der Waals surface area (Å²) in [6, 6.07) is 21.0. The van der Waals surface area contributed by atoms with E-state index in [2.05, 4.69) is 70.7 Å². The zero-order valence-electron chi connectivity index (χ0n) is 13.8. The van der Waals surface area contributed by atoms with Gasteiger partial charge in [-0.1, -0.05) is 65.8 Å². The van der Waals surface area contributed by atoms with Crippen LogP contribution in [0.5, 0.6) is 0 Å². The van der Waals surface area contributed by atoms with E-state index in [9.17, 15) is 0 Å². The number of hydrogen-bond acceptors (Lipinski definition) is 3. The molecular weight excluding hydrogens is 296 g/mol. The summed E-state index contributed by atoms with van der Waals surface area (Å²) in [4.78, 5) is 8.16. The lowest BCUT2D eigenvalue weighted by Crippen LogP contribution is -2.23. The van der Waals surface area contributed by atoms with Gasteiger partial charge in [0.05, 0.1) is 0 Å². The summed E-state index contributed by atoms with van der Waals surface area (Å²) < 4.78 is 0. The fourth-order valence-corrected chi connectivity index (χ4v) is 3.43. The van der Waals surface area contributed by atoms with E-state index >= 15 is 0 Å². The molecule has 0 N–H and O–H groups in total. The first-order valence-corrected chi connectivity index (χ1v) is 8.71. The predicted molar refractivity (Wildman–Crippen MR) is 98.6 cm³/mol. The Balaban J connectivity index is 1.74. The molecule has 1 fully saturated rings. The highest BCUT2D eigenvalue weighted by Gasteiger charge is 2.10. The average Bonchev–Trinajstić information content (AvgIpc) is 3.09. The molecule has 0 bridgehead atoms. The molecule has 0 atom stereocenters. The van der Waals surface area contributed by atoms with Crippen LogP contribution in [-0.4, -0.2) is 31.1 Å². The molecule has 3 aromatic rings. The van der Waals surface area contributed by atoms with E-state index in [0.717, 1.165) is 22.7 Å². The maximum absolute atomic E-state index is 5.72. The van der Waals surface area contributed by atoms with Crippen LogP contribution in [0.15, 0.2) is 65.8 Å². The molecule has 0 aromatic heterocycles. The van der Waals surface area contributed by atoms with Gasteiger partial charge in [-0.15, -0.1) is 0 Å². The van der Waals surface area contributed by atoms with Crippen molar-refractivity contribution in [2.45, 2.75) is 12.8 Å². The Bertz CT molecular complexity index is 852. The van der Waals surface area contributed by atoms with Gasteiger partial charge in [0.25, 0.3) is 0 Å². The van der Waals surface area contributed by atoms with Gasteiger partial charge in [-0.2, -0.15) is 0 Å². The Morgan fingerprint density at radius 2 is 1.38 bits per heavy atom. The first-order valence-electron chi connectivity index (χ1n) is 8.71. The largest absolute Gasteiger partial charge is 0.394 e. The average molecular weight is 318 g/mol. The van der Waals surface area contributed by atoms with Crippen LogP contribution in [0.25, 0.3) is 21.5 Å².